The minimum atomic E-state index is -0.338. The van der Waals surface area contributed by atoms with Crippen LogP contribution in [0.25, 0.3) is 0 Å². The molecule has 90 valence electrons. The fourth-order valence-corrected chi connectivity index (χ4v) is 2.02. The Balaban J connectivity index is 2.50. The monoisotopic (exact) mass is 230 g/mol. The molecule has 1 aliphatic rings. The Kier molecular flexibility index (Phi) is 2.77. The first kappa shape index (κ1) is 11.8. The van der Waals surface area contributed by atoms with Gasteiger partial charge in [-0.05, 0) is 18.4 Å². The molecule has 0 aliphatic carbocycles. The summed E-state index contributed by atoms with van der Waals surface area (Å²) in [4.78, 5) is 16.7. The van der Waals surface area contributed by atoms with Gasteiger partial charge < -0.3 is 5.32 Å². The molecule has 17 heavy (non-hydrogen) atoms. The largest absolute Gasteiger partial charge is 0.324 e. The number of carbonyl (C=O) groups excluding carboxylic acids is 1. The predicted molar refractivity (Wildman–Crippen MR) is 70.5 cm³/mol. The number of anilines is 1. The van der Waals surface area contributed by atoms with E-state index in [0.29, 0.717) is 0 Å². The third-order valence-corrected chi connectivity index (χ3v) is 2.97. The summed E-state index contributed by atoms with van der Waals surface area (Å²) in [5.74, 6) is -0.0261. The van der Waals surface area contributed by atoms with Crippen molar-refractivity contribution in [2.75, 3.05) is 5.32 Å². The number of hydrogen-bond donors (Lipinski definition) is 1. The highest BCUT2D eigenvalue weighted by Crippen LogP contribution is 2.28. The average molecular weight is 230 g/mol. The minimum absolute atomic E-state index is 0.0261. The first-order chi connectivity index (χ1) is 7.89. The lowest BCUT2D eigenvalue weighted by molar-refractivity contribution is -0.119. The number of amides is 1. The number of nitrogens with zero attached hydrogens (tertiary/aromatic N) is 1. The Morgan fingerprint density at radius 2 is 1.88 bits per heavy atom. The SMILES string of the molecule is CC1=NC(C(C)(C)C)C(=O)Nc2ccccc21. The highest BCUT2D eigenvalue weighted by molar-refractivity contribution is 6.11. The molecule has 1 aliphatic heterocycles. The first-order valence-corrected chi connectivity index (χ1v) is 5.84. The van der Waals surface area contributed by atoms with Gasteiger partial charge in [-0.1, -0.05) is 39.0 Å². The van der Waals surface area contributed by atoms with E-state index in [2.05, 4.69) is 10.3 Å². The summed E-state index contributed by atoms with van der Waals surface area (Å²) in [6, 6.07) is 7.44. The van der Waals surface area contributed by atoms with E-state index in [1.807, 2.05) is 52.0 Å². The van der Waals surface area contributed by atoms with E-state index in [0.717, 1.165) is 17.0 Å². The molecule has 0 bridgehead atoms. The number of benzene rings is 1. The molecule has 1 heterocycles. The quantitative estimate of drug-likeness (QED) is 0.731. The molecule has 1 unspecified atom stereocenters. The Bertz CT molecular complexity index is 483. The maximum absolute atomic E-state index is 12.2. The lowest BCUT2D eigenvalue weighted by Crippen LogP contribution is -2.36. The lowest BCUT2D eigenvalue weighted by Gasteiger charge is -2.25. The number of carbonyl (C=O) groups is 1. The molecule has 3 nitrogen and oxygen atoms in total. The maximum Gasteiger partial charge on any atom is 0.249 e. The predicted octanol–water partition coefficient (Wildman–Crippen LogP) is 2.86. The summed E-state index contributed by atoms with van der Waals surface area (Å²) in [5.41, 5.74) is 2.60. The van der Waals surface area contributed by atoms with E-state index < -0.39 is 0 Å². The third kappa shape index (κ3) is 2.23. The van der Waals surface area contributed by atoms with Crippen molar-refractivity contribution in [1.29, 1.82) is 0 Å². The van der Waals surface area contributed by atoms with Crippen LogP contribution in [-0.2, 0) is 4.79 Å². The fraction of sp³-hybridized carbons (Fsp3) is 0.429. The van der Waals surface area contributed by atoms with Crippen molar-refractivity contribution in [3.8, 4) is 0 Å². The van der Waals surface area contributed by atoms with Crippen LogP contribution in [0, 0.1) is 5.41 Å². The van der Waals surface area contributed by atoms with E-state index in [1.54, 1.807) is 0 Å². The van der Waals surface area contributed by atoms with Gasteiger partial charge in [0, 0.05) is 17.0 Å². The maximum atomic E-state index is 12.2. The molecule has 0 aromatic heterocycles. The van der Waals surface area contributed by atoms with Gasteiger partial charge in [0.05, 0.1) is 0 Å². The van der Waals surface area contributed by atoms with Gasteiger partial charge in [0.1, 0.15) is 6.04 Å². The standard InChI is InChI=1S/C14H18N2O/c1-9-10-7-5-6-8-11(10)16-13(17)12(15-9)14(2,3)4/h5-8,12H,1-4H3,(H,16,17). The average Bonchev–Trinajstić information content (AvgIpc) is 2.36. The van der Waals surface area contributed by atoms with Crippen molar-refractivity contribution in [2.24, 2.45) is 10.4 Å². The van der Waals surface area contributed by atoms with Gasteiger partial charge in [0.2, 0.25) is 5.91 Å². The van der Waals surface area contributed by atoms with Gasteiger partial charge in [0.25, 0.3) is 0 Å². The topological polar surface area (TPSA) is 41.5 Å². The number of fused-ring (bicyclic) bond motifs is 1. The van der Waals surface area contributed by atoms with E-state index in [-0.39, 0.29) is 17.4 Å². The summed E-state index contributed by atoms with van der Waals surface area (Å²) in [6.07, 6.45) is 0. The molecule has 1 atom stereocenters. The molecular weight excluding hydrogens is 212 g/mol. The van der Waals surface area contributed by atoms with Crippen LogP contribution in [0.3, 0.4) is 0 Å². The fourth-order valence-electron chi connectivity index (χ4n) is 2.02. The molecule has 0 saturated heterocycles. The lowest BCUT2D eigenvalue weighted by atomic mass is 9.86. The number of para-hydroxylation sites is 1. The molecule has 1 aromatic rings. The van der Waals surface area contributed by atoms with E-state index in [4.69, 9.17) is 0 Å². The van der Waals surface area contributed by atoms with E-state index >= 15 is 0 Å². The van der Waals surface area contributed by atoms with Gasteiger partial charge in [-0.15, -0.1) is 0 Å². The van der Waals surface area contributed by atoms with Gasteiger partial charge in [-0.25, -0.2) is 0 Å². The van der Waals surface area contributed by atoms with Crippen LogP contribution in [0.1, 0.15) is 33.3 Å². The van der Waals surface area contributed by atoms with Crippen molar-refractivity contribution in [3.63, 3.8) is 0 Å². The zero-order valence-corrected chi connectivity index (χ0v) is 10.7. The van der Waals surface area contributed by atoms with Gasteiger partial charge in [0.15, 0.2) is 0 Å². The van der Waals surface area contributed by atoms with Gasteiger partial charge in [-0.2, -0.15) is 0 Å². The van der Waals surface area contributed by atoms with Crippen molar-refractivity contribution >= 4 is 17.3 Å². The summed E-state index contributed by atoms with van der Waals surface area (Å²) in [7, 11) is 0. The number of benzodiazepines with no additional fused rings is 1. The van der Waals surface area contributed by atoms with Crippen LogP contribution < -0.4 is 5.32 Å². The smallest absolute Gasteiger partial charge is 0.249 e. The third-order valence-electron chi connectivity index (χ3n) is 2.97. The van der Waals surface area contributed by atoms with Crippen LogP contribution in [0.15, 0.2) is 29.3 Å². The molecule has 0 radical (unpaired) electrons. The van der Waals surface area contributed by atoms with E-state index in [9.17, 15) is 4.79 Å². The second-order valence-electron chi connectivity index (χ2n) is 5.52. The number of rotatable bonds is 0. The van der Waals surface area contributed by atoms with Crippen LogP contribution in [0.2, 0.25) is 0 Å². The summed E-state index contributed by atoms with van der Waals surface area (Å²) in [6.45, 7) is 8.05. The number of hydrogen-bond acceptors (Lipinski definition) is 2. The highest BCUT2D eigenvalue weighted by Gasteiger charge is 2.33. The van der Waals surface area contributed by atoms with Crippen molar-refractivity contribution in [2.45, 2.75) is 33.7 Å². The molecular formula is C14H18N2O. The number of nitrogens with one attached hydrogen (secondary N) is 1. The van der Waals surface area contributed by atoms with E-state index in [1.165, 1.54) is 0 Å². The Labute approximate surface area is 102 Å². The van der Waals surface area contributed by atoms with Crippen LogP contribution in [0.4, 0.5) is 5.69 Å². The summed E-state index contributed by atoms with van der Waals surface area (Å²) >= 11 is 0. The van der Waals surface area contributed by atoms with Crippen LogP contribution >= 0.6 is 0 Å². The van der Waals surface area contributed by atoms with Crippen LogP contribution in [0.5, 0.6) is 0 Å². The second kappa shape index (κ2) is 3.99. The second-order valence-corrected chi connectivity index (χ2v) is 5.52. The van der Waals surface area contributed by atoms with Crippen molar-refractivity contribution < 1.29 is 4.79 Å². The Morgan fingerprint density at radius 1 is 1.24 bits per heavy atom. The Hall–Kier alpha value is -1.64. The minimum Gasteiger partial charge on any atom is -0.324 e. The summed E-state index contributed by atoms with van der Waals surface area (Å²) < 4.78 is 0. The molecule has 2 rings (SSSR count). The van der Waals surface area contributed by atoms with Gasteiger partial charge >= 0.3 is 0 Å². The normalized spacial score (nSPS) is 20.1. The molecule has 0 saturated carbocycles. The molecule has 1 N–H and O–H groups in total. The van der Waals surface area contributed by atoms with Gasteiger partial charge in [-0.3, -0.25) is 9.79 Å². The van der Waals surface area contributed by atoms with Crippen LogP contribution in [-0.4, -0.2) is 17.7 Å². The summed E-state index contributed by atoms with van der Waals surface area (Å²) in [5, 5.41) is 2.96. The molecule has 1 aromatic carbocycles. The zero-order valence-electron chi connectivity index (χ0n) is 10.7. The Morgan fingerprint density at radius 3 is 2.53 bits per heavy atom. The zero-order chi connectivity index (χ0) is 12.6. The van der Waals surface area contributed by atoms with Crippen molar-refractivity contribution in [1.82, 2.24) is 0 Å². The first-order valence-electron chi connectivity index (χ1n) is 5.84. The molecule has 1 amide bonds. The molecule has 0 fully saturated rings. The molecule has 0 spiro atoms. The molecule has 3 heteroatoms. The number of aliphatic imine (C=N–C) groups is 1. The van der Waals surface area contributed by atoms with Crippen molar-refractivity contribution in [3.05, 3.63) is 29.8 Å². The highest BCUT2D eigenvalue weighted by atomic mass is 16.2.